The second-order valence-corrected chi connectivity index (χ2v) is 9.73. The molecule has 0 saturated carbocycles. The second-order valence-electron chi connectivity index (χ2n) is 8.05. The van der Waals surface area contributed by atoms with Crippen LogP contribution in [0.25, 0.3) is 0 Å². The zero-order chi connectivity index (χ0) is 25.5. The molecule has 0 radical (unpaired) electrons. The van der Waals surface area contributed by atoms with Crippen molar-refractivity contribution >= 4 is 33.5 Å². The predicted octanol–water partition coefficient (Wildman–Crippen LogP) is 2.08. The van der Waals surface area contributed by atoms with Crippen LogP contribution in [0.3, 0.4) is 0 Å². The fraction of sp³-hybridized carbons (Fsp3) is 0.348. The van der Waals surface area contributed by atoms with Gasteiger partial charge in [-0.05, 0) is 37.1 Å². The Morgan fingerprint density at radius 1 is 1.06 bits per heavy atom. The van der Waals surface area contributed by atoms with Crippen LogP contribution in [0.1, 0.15) is 19.4 Å². The molecule has 2 amide bonds. The Labute approximate surface area is 198 Å². The standard InChI is InChI=1S/C23H28FN3O6S/c1-15(2)22(26-34(31,32)19-8-6-5-7-18(19)24)23(30)33-14-21(29)27(4)13-20(28)25-17-11-9-16(3)10-12-17/h5-12,15,22,26H,13-14H2,1-4H3,(H,25,28)/t22-/m0/s1. The summed E-state index contributed by atoms with van der Waals surface area (Å²) in [6.45, 7) is 4.07. The zero-order valence-electron chi connectivity index (χ0n) is 19.4. The molecule has 0 aliphatic carbocycles. The number of nitrogens with one attached hydrogen (secondary N) is 2. The highest BCUT2D eigenvalue weighted by Gasteiger charge is 2.31. The average molecular weight is 494 g/mol. The second kappa shape index (κ2) is 11.7. The van der Waals surface area contributed by atoms with Gasteiger partial charge in [0.1, 0.15) is 16.8 Å². The molecule has 2 rings (SSSR count). The van der Waals surface area contributed by atoms with E-state index in [4.69, 9.17) is 4.74 Å². The first-order valence-corrected chi connectivity index (χ1v) is 11.9. The number of halogens is 1. The van der Waals surface area contributed by atoms with E-state index < -0.39 is 57.1 Å². The van der Waals surface area contributed by atoms with Gasteiger partial charge < -0.3 is 15.0 Å². The molecule has 1 atom stereocenters. The van der Waals surface area contributed by atoms with Crippen molar-refractivity contribution in [1.82, 2.24) is 9.62 Å². The Hall–Kier alpha value is -3.31. The largest absolute Gasteiger partial charge is 0.454 e. The fourth-order valence-corrected chi connectivity index (χ4v) is 4.24. The number of anilines is 1. The zero-order valence-corrected chi connectivity index (χ0v) is 20.2. The number of hydrogen-bond acceptors (Lipinski definition) is 6. The molecule has 34 heavy (non-hydrogen) atoms. The topological polar surface area (TPSA) is 122 Å². The molecule has 9 nitrogen and oxygen atoms in total. The summed E-state index contributed by atoms with van der Waals surface area (Å²) in [5, 5.41) is 2.65. The lowest BCUT2D eigenvalue weighted by Gasteiger charge is -2.22. The quantitative estimate of drug-likeness (QED) is 0.489. The molecular weight excluding hydrogens is 465 g/mol. The van der Waals surface area contributed by atoms with Crippen LogP contribution in [-0.4, -0.2) is 57.3 Å². The molecule has 0 unspecified atom stereocenters. The Morgan fingerprint density at radius 3 is 2.26 bits per heavy atom. The summed E-state index contributed by atoms with van der Waals surface area (Å²) in [6.07, 6.45) is 0. The van der Waals surface area contributed by atoms with Crippen molar-refractivity contribution in [3.05, 3.63) is 59.9 Å². The first-order valence-electron chi connectivity index (χ1n) is 10.4. The minimum absolute atomic E-state index is 0.280. The van der Waals surface area contributed by atoms with Crippen molar-refractivity contribution in [3.8, 4) is 0 Å². The van der Waals surface area contributed by atoms with Gasteiger partial charge in [-0.25, -0.2) is 12.8 Å². The number of rotatable bonds is 10. The van der Waals surface area contributed by atoms with E-state index in [0.717, 1.165) is 22.6 Å². The number of carbonyl (C=O) groups is 3. The molecule has 0 aromatic heterocycles. The Kier molecular flexibility index (Phi) is 9.28. The summed E-state index contributed by atoms with van der Waals surface area (Å²) in [7, 11) is -2.99. The summed E-state index contributed by atoms with van der Waals surface area (Å²) in [5.74, 6) is -3.62. The van der Waals surface area contributed by atoms with Crippen molar-refractivity contribution in [2.75, 3.05) is 25.5 Å². The van der Waals surface area contributed by atoms with E-state index in [1.165, 1.54) is 19.2 Å². The van der Waals surface area contributed by atoms with Crippen molar-refractivity contribution in [3.63, 3.8) is 0 Å². The predicted molar refractivity (Wildman–Crippen MR) is 124 cm³/mol. The van der Waals surface area contributed by atoms with Gasteiger partial charge in [-0.1, -0.05) is 43.7 Å². The van der Waals surface area contributed by atoms with Crippen LogP contribution in [0, 0.1) is 18.7 Å². The van der Waals surface area contributed by atoms with Gasteiger partial charge in [0.2, 0.25) is 15.9 Å². The van der Waals surface area contributed by atoms with Crippen molar-refractivity contribution in [1.29, 1.82) is 0 Å². The van der Waals surface area contributed by atoms with E-state index in [2.05, 4.69) is 10.0 Å². The van der Waals surface area contributed by atoms with Gasteiger partial charge in [-0.15, -0.1) is 0 Å². The van der Waals surface area contributed by atoms with Gasteiger partial charge in [-0.2, -0.15) is 4.72 Å². The number of aryl methyl sites for hydroxylation is 1. The maximum Gasteiger partial charge on any atom is 0.324 e. The molecular formula is C23H28FN3O6S. The van der Waals surface area contributed by atoms with Crippen molar-refractivity contribution < 1.29 is 31.9 Å². The molecule has 0 aliphatic rings. The number of carbonyl (C=O) groups excluding carboxylic acids is 3. The number of sulfonamides is 1. The van der Waals surface area contributed by atoms with Crippen LogP contribution in [0.15, 0.2) is 53.4 Å². The SMILES string of the molecule is Cc1ccc(NC(=O)CN(C)C(=O)COC(=O)[C@@H](NS(=O)(=O)c2ccccc2F)C(C)C)cc1. The Bertz CT molecular complexity index is 1140. The number of benzene rings is 2. The lowest BCUT2D eigenvalue weighted by molar-refractivity contribution is -0.154. The lowest BCUT2D eigenvalue weighted by Crippen LogP contribution is -2.46. The summed E-state index contributed by atoms with van der Waals surface area (Å²) in [4.78, 5) is 37.4. The van der Waals surface area contributed by atoms with E-state index in [1.54, 1.807) is 26.0 Å². The van der Waals surface area contributed by atoms with Crippen LogP contribution in [-0.2, 0) is 29.1 Å². The lowest BCUT2D eigenvalue weighted by atomic mass is 10.1. The van der Waals surface area contributed by atoms with E-state index in [-0.39, 0.29) is 6.54 Å². The van der Waals surface area contributed by atoms with E-state index in [1.807, 2.05) is 19.1 Å². The van der Waals surface area contributed by atoms with E-state index >= 15 is 0 Å². The molecule has 2 aromatic carbocycles. The average Bonchev–Trinajstić information content (AvgIpc) is 2.77. The maximum absolute atomic E-state index is 13.9. The number of likely N-dealkylation sites (N-methyl/N-ethyl adjacent to an activating group) is 1. The number of hydrogen-bond donors (Lipinski definition) is 2. The highest BCUT2D eigenvalue weighted by atomic mass is 32.2. The Morgan fingerprint density at radius 2 is 1.68 bits per heavy atom. The highest BCUT2D eigenvalue weighted by molar-refractivity contribution is 7.89. The molecule has 11 heteroatoms. The Balaban J connectivity index is 1.93. The normalized spacial score (nSPS) is 12.2. The van der Waals surface area contributed by atoms with Crippen LogP contribution in [0.2, 0.25) is 0 Å². The van der Waals surface area contributed by atoms with Gasteiger partial charge in [0, 0.05) is 12.7 Å². The van der Waals surface area contributed by atoms with Crippen molar-refractivity contribution in [2.45, 2.75) is 31.7 Å². The number of nitrogens with zero attached hydrogens (tertiary/aromatic N) is 1. The van der Waals surface area contributed by atoms with E-state index in [0.29, 0.717) is 5.69 Å². The van der Waals surface area contributed by atoms with Crippen LogP contribution < -0.4 is 10.0 Å². The molecule has 0 spiro atoms. The molecule has 184 valence electrons. The van der Waals surface area contributed by atoms with Gasteiger partial charge in [0.05, 0.1) is 6.54 Å². The molecule has 0 fully saturated rings. The third-order valence-corrected chi connectivity index (χ3v) is 6.28. The van der Waals surface area contributed by atoms with Crippen molar-refractivity contribution in [2.24, 2.45) is 5.92 Å². The number of ether oxygens (including phenoxy) is 1. The molecule has 2 N–H and O–H groups in total. The summed E-state index contributed by atoms with van der Waals surface area (Å²) < 4.78 is 46.1. The van der Waals surface area contributed by atoms with Crippen LogP contribution >= 0.6 is 0 Å². The number of amides is 2. The smallest absolute Gasteiger partial charge is 0.324 e. The van der Waals surface area contributed by atoms with Crippen LogP contribution in [0.4, 0.5) is 10.1 Å². The third-order valence-electron chi connectivity index (χ3n) is 4.81. The summed E-state index contributed by atoms with van der Waals surface area (Å²) in [5.41, 5.74) is 1.60. The van der Waals surface area contributed by atoms with Gasteiger partial charge >= 0.3 is 5.97 Å². The fourth-order valence-electron chi connectivity index (χ4n) is 2.82. The first kappa shape index (κ1) is 26.9. The molecule has 0 aliphatic heterocycles. The minimum Gasteiger partial charge on any atom is -0.454 e. The van der Waals surface area contributed by atoms with Gasteiger partial charge in [0.15, 0.2) is 6.61 Å². The summed E-state index contributed by atoms with van der Waals surface area (Å²) in [6, 6.07) is 10.5. The third kappa shape index (κ3) is 7.63. The first-order chi connectivity index (χ1) is 15.9. The molecule has 2 aromatic rings. The maximum atomic E-state index is 13.9. The van der Waals surface area contributed by atoms with Gasteiger partial charge in [0.25, 0.3) is 5.91 Å². The summed E-state index contributed by atoms with van der Waals surface area (Å²) >= 11 is 0. The van der Waals surface area contributed by atoms with Crippen LogP contribution in [0.5, 0.6) is 0 Å². The molecule has 0 saturated heterocycles. The molecule has 0 heterocycles. The number of esters is 1. The highest BCUT2D eigenvalue weighted by Crippen LogP contribution is 2.16. The minimum atomic E-state index is -4.36. The van der Waals surface area contributed by atoms with Gasteiger partial charge in [-0.3, -0.25) is 14.4 Å². The molecule has 0 bridgehead atoms. The monoisotopic (exact) mass is 493 g/mol. The van der Waals surface area contributed by atoms with E-state index in [9.17, 15) is 27.2 Å².